The largest absolute Gasteiger partial charge is 0.502 e. The van der Waals surface area contributed by atoms with Gasteiger partial charge in [0, 0.05) is 18.1 Å². The van der Waals surface area contributed by atoms with Crippen LogP contribution < -0.4 is 0 Å². The molecule has 0 aliphatic carbocycles. The average Bonchev–Trinajstić information content (AvgIpc) is 2.89. The summed E-state index contributed by atoms with van der Waals surface area (Å²) in [6, 6.07) is 7.82. The van der Waals surface area contributed by atoms with Crippen molar-refractivity contribution in [3.05, 3.63) is 70.9 Å². The van der Waals surface area contributed by atoms with E-state index in [0.29, 0.717) is 18.1 Å². The van der Waals surface area contributed by atoms with Gasteiger partial charge in [-0.1, -0.05) is 29.8 Å². The number of furan rings is 1. The van der Waals surface area contributed by atoms with Crippen molar-refractivity contribution in [1.82, 2.24) is 0 Å². The van der Waals surface area contributed by atoms with Gasteiger partial charge in [0.25, 0.3) is 0 Å². The second-order valence-corrected chi connectivity index (χ2v) is 4.67. The fourth-order valence-corrected chi connectivity index (χ4v) is 1.87. The Bertz CT molecular complexity index is 692. The molecule has 0 aliphatic rings. The number of hydrogen-bond acceptors (Lipinski definition) is 4. The van der Waals surface area contributed by atoms with Crippen LogP contribution in [0.5, 0.6) is 0 Å². The van der Waals surface area contributed by atoms with Crippen molar-refractivity contribution in [2.45, 2.75) is 13.3 Å². The van der Waals surface area contributed by atoms with Crippen LogP contribution in [0.1, 0.15) is 27.0 Å². The molecule has 0 atom stereocenters. The molecule has 0 radical (unpaired) electrons. The number of allylic oxidation sites excluding steroid dienone is 1. The standard InChI is InChI=1S/C16H14O5/c1-10-2-4-11(5-3-10)6-12-8-21-9-13(12)14(17)7-15(18)16(19)20/h2-5,7-9,18H,6H2,1H3,(H,19,20). The van der Waals surface area contributed by atoms with Crippen molar-refractivity contribution < 1.29 is 24.2 Å². The van der Waals surface area contributed by atoms with Crippen LogP contribution in [0.25, 0.3) is 0 Å². The molecule has 0 bridgehead atoms. The van der Waals surface area contributed by atoms with Crippen molar-refractivity contribution >= 4 is 11.8 Å². The topological polar surface area (TPSA) is 87.7 Å². The first kappa shape index (κ1) is 14.6. The van der Waals surface area contributed by atoms with Crippen LogP contribution in [0.15, 0.2) is 53.0 Å². The number of carbonyl (C=O) groups excluding carboxylic acids is 1. The van der Waals surface area contributed by atoms with E-state index < -0.39 is 17.5 Å². The SMILES string of the molecule is Cc1ccc(Cc2cocc2C(=O)C=C(O)C(=O)O)cc1. The Hall–Kier alpha value is -2.82. The Kier molecular flexibility index (Phi) is 4.23. The molecule has 2 aromatic rings. The number of aliphatic hydroxyl groups is 1. The number of carboxylic acids is 1. The molecule has 0 spiro atoms. The van der Waals surface area contributed by atoms with Crippen LogP contribution in [0.4, 0.5) is 0 Å². The number of aliphatic hydroxyl groups excluding tert-OH is 1. The minimum Gasteiger partial charge on any atom is -0.502 e. The van der Waals surface area contributed by atoms with Crippen LogP contribution >= 0.6 is 0 Å². The van der Waals surface area contributed by atoms with E-state index in [1.165, 1.54) is 12.5 Å². The minimum atomic E-state index is -1.55. The third-order valence-electron chi connectivity index (χ3n) is 3.01. The molecule has 0 aliphatic heterocycles. The highest BCUT2D eigenvalue weighted by Crippen LogP contribution is 2.17. The Morgan fingerprint density at radius 2 is 1.81 bits per heavy atom. The van der Waals surface area contributed by atoms with Gasteiger partial charge in [0.05, 0.1) is 11.8 Å². The number of aliphatic carboxylic acids is 1. The monoisotopic (exact) mass is 286 g/mol. The van der Waals surface area contributed by atoms with Crippen molar-refractivity contribution in [1.29, 1.82) is 0 Å². The lowest BCUT2D eigenvalue weighted by molar-refractivity contribution is -0.135. The van der Waals surface area contributed by atoms with E-state index in [1.54, 1.807) is 0 Å². The van der Waals surface area contributed by atoms with Crippen LogP contribution in [0.3, 0.4) is 0 Å². The molecule has 5 nitrogen and oxygen atoms in total. The van der Waals surface area contributed by atoms with Gasteiger partial charge in [-0.2, -0.15) is 0 Å². The van der Waals surface area contributed by atoms with Gasteiger partial charge in [0.2, 0.25) is 5.76 Å². The fourth-order valence-electron chi connectivity index (χ4n) is 1.87. The third-order valence-corrected chi connectivity index (χ3v) is 3.01. The van der Waals surface area contributed by atoms with Crippen LogP contribution in [-0.4, -0.2) is 22.0 Å². The lowest BCUT2D eigenvalue weighted by Crippen LogP contribution is -2.05. The molecule has 0 saturated heterocycles. The molecule has 1 aromatic carbocycles. The Balaban J connectivity index is 2.22. The van der Waals surface area contributed by atoms with Crippen molar-refractivity contribution in [2.24, 2.45) is 0 Å². The molecular formula is C16H14O5. The van der Waals surface area contributed by atoms with Crippen LogP contribution in [0.2, 0.25) is 0 Å². The first-order valence-electron chi connectivity index (χ1n) is 6.26. The van der Waals surface area contributed by atoms with Crippen LogP contribution in [0, 0.1) is 6.92 Å². The fraction of sp³-hybridized carbons (Fsp3) is 0.125. The number of benzene rings is 1. The molecule has 0 unspecified atom stereocenters. The van der Waals surface area contributed by atoms with Gasteiger partial charge >= 0.3 is 5.97 Å². The van der Waals surface area contributed by atoms with E-state index in [9.17, 15) is 9.59 Å². The molecule has 1 heterocycles. The maximum absolute atomic E-state index is 11.9. The van der Waals surface area contributed by atoms with E-state index >= 15 is 0 Å². The average molecular weight is 286 g/mol. The summed E-state index contributed by atoms with van der Waals surface area (Å²) in [6.45, 7) is 1.98. The maximum atomic E-state index is 11.9. The van der Waals surface area contributed by atoms with E-state index in [-0.39, 0.29) is 5.56 Å². The molecular weight excluding hydrogens is 272 g/mol. The molecule has 0 fully saturated rings. The first-order chi connectivity index (χ1) is 9.97. The quantitative estimate of drug-likeness (QED) is 0.501. The van der Waals surface area contributed by atoms with Crippen molar-refractivity contribution in [3.8, 4) is 0 Å². The lowest BCUT2D eigenvalue weighted by Gasteiger charge is -2.02. The summed E-state index contributed by atoms with van der Waals surface area (Å²) < 4.78 is 5.03. The molecule has 0 amide bonds. The number of ketones is 1. The summed E-state index contributed by atoms with van der Waals surface area (Å²) in [5.41, 5.74) is 3.01. The first-order valence-corrected chi connectivity index (χ1v) is 6.26. The van der Waals surface area contributed by atoms with E-state index in [1.807, 2.05) is 31.2 Å². The zero-order valence-corrected chi connectivity index (χ0v) is 11.4. The predicted molar refractivity (Wildman–Crippen MR) is 75.4 cm³/mol. The number of hydrogen-bond donors (Lipinski definition) is 2. The zero-order chi connectivity index (χ0) is 15.4. The highest BCUT2D eigenvalue weighted by atomic mass is 16.4. The summed E-state index contributed by atoms with van der Waals surface area (Å²) in [5, 5.41) is 17.7. The van der Waals surface area contributed by atoms with Crippen molar-refractivity contribution in [3.63, 3.8) is 0 Å². The van der Waals surface area contributed by atoms with Gasteiger partial charge in [0.1, 0.15) is 6.26 Å². The maximum Gasteiger partial charge on any atom is 0.371 e. The predicted octanol–water partition coefficient (Wildman–Crippen LogP) is 2.89. The van der Waals surface area contributed by atoms with Gasteiger partial charge in [-0.25, -0.2) is 4.79 Å². The number of rotatable bonds is 5. The Morgan fingerprint density at radius 3 is 2.43 bits per heavy atom. The second kappa shape index (κ2) is 6.09. The van der Waals surface area contributed by atoms with E-state index in [4.69, 9.17) is 14.6 Å². The zero-order valence-electron chi connectivity index (χ0n) is 11.4. The molecule has 21 heavy (non-hydrogen) atoms. The lowest BCUT2D eigenvalue weighted by atomic mass is 10.0. The molecule has 2 N–H and O–H groups in total. The number of carbonyl (C=O) groups is 2. The highest BCUT2D eigenvalue weighted by Gasteiger charge is 2.15. The van der Waals surface area contributed by atoms with Gasteiger partial charge in [-0.3, -0.25) is 4.79 Å². The summed E-state index contributed by atoms with van der Waals surface area (Å²) in [4.78, 5) is 22.4. The summed E-state index contributed by atoms with van der Waals surface area (Å²) in [7, 11) is 0. The van der Waals surface area contributed by atoms with Gasteiger partial charge in [0.15, 0.2) is 5.78 Å². The van der Waals surface area contributed by atoms with Crippen LogP contribution in [-0.2, 0) is 11.2 Å². The summed E-state index contributed by atoms with van der Waals surface area (Å²) >= 11 is 0. The van der Waals surface area contributed by atoms with Gasteiger partial charge < -0.3 is 14.6 Å². The van der Waals surface area contributed by atoms with Gasteiger partial charge in [-0.05, 0) is 12.5 Å². The summed E-state index contributed by atoms with van der Waals surface area (Å²) in [5.74, 6) is -3.15. The minimum absolute atomic E-state index is 0.239. The molecule has 1 aromatic heterocycles. The highest BCUT2D eigenvalue weighted by molar-refractivity contribution is 6.08. The Morgan fingerprint density at radius 1 is 1.14 bits per heavy atom. The van der Waals surface area contributed by atoms with Crippen molar-refractivity contribution in [2.75, 3.05) is 0 Å². The second-order valence-electron chi connectivity index (χ2n) is 4.67. The van der Waals surface area contributed by atoms with E-state index in [2.05, 4.69) is 0 Å². The number of carboxylic acid groups (broad SMARTS) is 1. The molecule has 5 heteroatoms. The Labute approximate surface area is 121 Å². The molecule has 2 rings (SSSR count). The smallest absolute Gasteiger partial charge is 0.371 e. The third kappa shape index (κ3) is 3.60. The molecule has 0 saturated carbocycles. The van der Waals surface area contributed by atoms with E-state index in [0.717, 1.165) is 11.1 Å². The van der Waals surface area contributed by atoms with Gasteiger partial charge in [-0.15, -0.1) is 0 Å². The number of aryl methyl sites for hydroxylation is 1. The summed E-state index contributed by atoms with van der Waals surface area (Å²) in [6.07, 6.45) is 3.85. The normalized spacial score (nSPS) is 11.4. The molecule has 108 valence electrons.